The van der Waals surface area contributed by atoms with E-state index in [2.05, 4.69) is 0 Å². The summed E-state index contributed by atoms with van der Waals surface area (Å²) in [6.45, 7) is 0. The van der Waals surface area contributed by atoms with E-state index in [-0.39, 0.29) is 18.0 Å². The molecule has 0 saturated heterocycles. The summed E-state index contributed by atoms with van der Waals surface area (Å²) in [5.74, 6) is 1.70. The Kier molecular flexibility index (Phi) is 3.63. The van der Waals surface area contributed by atoms with E-state index >= 15 is 0 Å². The number of hydrogen-bond donors (Lipinski definition) is 1. The van der Waals surface area contributed by atoms with Gasteiger partial charge in [-0.25, -0.2) is 0 Å². The van der Waals surface area contributed by atoms with E-state index in [9.17, 15) is 9.90 Å². The number of methoxy groups -OCH3 is 2. The molecule has 1 heterocycles. The first-order valence-corrected chi connectivity index (χ1v) is 6.86. The molecule has 1 N–H and O–H groups in total. The van der Waals surface area contributed by atoms with Crippen molar-refractivity contribution in [2.45, 2.75) is 12.5 Å². The molecule has 114 valence electrons. The van der Waals surface area contributed by atoms with Crippen LogP contribution in [0.2, 0.25) is 0 Å². The Morgan fingerprint density at radius 3 is 2.59 bits per heavy atom. The van der Waals surface area contributed by atoms with Gasteiger partial charge in [-0.15, -0.1) is 0 Å². The van der Waals surface area contributed by atoms with Gasteiger partial charge in [-0.05, 0) is 24.3 Å². The zero-order chi connectivity index (χ0) is 15.7. The smallest absolute Gasteiger partial charge is 0.170 e. The minimum absolute atomic E-state index is 0.00351. The number of fused-ring (bicyclic) bond motifs is 1. The molecule has 0 fully saturated rings. The SMILES string of the molecule is COc1cc(O)cc([C@@H]2CC(=O)c3ccc(OC)cc3O2)c1. The van der Waals surface area contributed by atoms with E-state index in [1.54, 1.807) is 37.4 Å². The van der Waals surface area contributed by atoms with Crippen LogP contribution >= 0.6 is 0 Å². The molecule has 1 aliphatic rings. The highest BCUT2D eigenvalue weighted by atomic mass is 16.5. The molecule has 0 aromatic heterocycles. The van der Waals surface area contributed by atoms with Gasteiger partial charge in [0.15, 0.2) is 5.78 Å². The predicted octanol–water partition coefficient (Wildman–Crippen LogP) is 3.12. The highest BCUT2D eigenvalue weighted by molar-refractivity contribution is 6.00. The van der Waals surface area contributed by atoms with Gasteiger partial charge in [-0.1, -0.05) is 0 Å². The van der Waals surface area contributed by atoms with Crippen molar-refractivity contribution >= 4 is 5.78 Å². The fraction of sp³-hybridized carbons (Fsp3) is 0.235. The molecule has 1 atom stereocenters. The molecule has 0 amide bonds. The first-order valence-electron chi connectivity index (χ1n) is 6.86. The first kappa shape index (κ1) is 14.3. The molecule has 5 heteroatoms. The molecule has 1 aliphatic heterocycles. The van der Waals surface area contributed by atoms with Crippen molar-refractivity contribution in [3.63, 3.8) is 0 Å². The van der Waals surface area contributed by atoms with Gasteiger partial charge in [0, 0.05) is 17.7 Å². The summed E-state index contributed by atoms with van der Waals surface area (Å²) in [6, 6.07) is 9.96. The van der Waals surface area contributed by atoms with Crippen LogP contribution in [-0.4, -0.2) is 25.1 Å². The van der Waals surface area contributed by atoms with Gasteiger partial charge in [0.1, 0.15) is 29.1 Å². The predicted molar refractivity (Wildman–Crippen MR) is 80.0 cm³/mol. The Labute approximate surface area is 128 Å². The lowest BCUT2D eigenvalue weighted by molar-refractivity contribution is 0.0848. The van der Waals surface area contributed by atoms with E-state index in [0.717, 1.165) is 0 Å². The van der Waals surface area contributed by atoms with Crippen LogP contribution in [0.3, 0.4) is 0 Å². The average molecular weight is 300 g/mol. The summed E-state index contributed by atoms with van der Waals surface area (Å²) >= 11 is 0. The van der Waals surface area contributed by atoms with Crippen LogP contribution in [-0.2, 0) is 0 Å². The Balaban J connectivity index is 1.97. The Morgan fingerprint density at radius 2 is 1.86 bits per heavy atom. The van der Waals surface area contributed by atoms with E-state index in [0.29, 0.717) is 28.4 Å². The number of Topliss-reactive ketones (excluding diaryl/α,β-unsaturated/α-hetero) is 1. The maximum atomic E-state index is 12.3. The van der Waals surface area contributed by atoms with Gasteiger partial charge >= 0.3 is 0 Å². The minimum atomic E-state index is -0.465. The highest BCUT2D eigenvalue weighted by Crippen LogP contribution is 2.38. The Bertz CT molecular complexity index is 723. The molecule has 5 nitrogen and oxygen atoms in total. The zero-order valence-electron chi connectivity index (χ0n) is 12.3. The topological polar surface area (TPSA) is 65.0 Å². The summed E-state index contributed by atoms with van der Waals surface area (Å²) in [5.41, 5.74) is 1.24. The quantitative estimate of drug-likeness (QED) is 0.943. The largest absolute Gasteiger partial charge is 0.508 e. The second-order valence-corrected chi connectivity index (χ2v) is 5.06. The van der Waals surface area contributed by atoms with Crippen LogP contribution in [0.25, 0.3) is 0 Å². The lowest BCUT2D eigenvalue weighted by atomic mass is 9.96. The molecule has 22 heavy (non-hydrogen) atoms. The minimum Gasteiger partial charge on any atom is -0.508 e. The Hall–Kier alpha value is -2.69. The number of benzene rings is 2. The highest BCUT2D eigenvalue weighted by Gasteiger charge is 2.28. The molecule has 0 unspecified atom stereocenters. The monoisotopic (exact) mass is 300 g/mol. The van der Waals surface area contributed by atoms with Crippen LogP contribution in [0, 0.1) is 0 Å². The van der Waals surface area contributed by atoms with Crippen LogP contribution in [0.15, 0.2) is 36.4 Å². The van der Waals surface area contributed by atoms with E-state index in [1.165, 1.54) is 13.2 Å². The van der Waals surface area contributed by atoms with Crippen LogP contribution in [0.1, 0.15) is 28.4 Å². The summed E-state index contributed by atoms with van der Waals surface area (Å²) < 4.78 is 16.2. The van der Waals surface area contributed by atoms with Crippen LogP contribution in [0.4, 0.5) is 0 Å². The van der Waals surface area contributed by atoms with Crippen LogP contribution in [0.5, 0.6) is 23.0 Å². The summed E-state index contributed by atoms with van der Waals surface area (Å²) in [6.07, 6.45) is -0.250. The fourth-order valence-corrected chi connectivity index (χ4v) is 2.53. The number of phenols is 1. The third-order valence-corrected chi connectivity index (χ3v) is 3.65. The third-order valence-electron chi connectivity index (χ3n) is 3.65. The second-order valence-electron chi connectivity index (χ2n) is 5.06. The average Bonchev–Trinajstić information content (AvgIpc) is 2.53. The van der Waals surface area contributed by atoms with Gasteiger partial charge in [-0.3, -0.25) is 4.79 Å². The standard InChI is InChI=1S/C17H16O5/c1-20-12-3-4-14-15(19)9-16(22-17(14)8-12)10-5-11(18)7-13(6-10)21-2/h3-8,16,18H,9H2,1-2H3/t16-/m0/s1. The molecule has 2 aromatic rings. The van der Waals surface area contributed by atoms with Crippen molar-refractivity contribution in [1.82, 2.24) is 0 Å². The number of hydrogen-bond acceptors (Lipinski definition) is 5. The Morgan fingerprint density at radius 1 is 1.09 bits per heavy atom. The number of carbonyl (C=O) groups excluding carboxylic acids is 1. The number of ketones is 1. The number of phenolic OH excluding ortho intramolecular Hbond substituents is 1. The first-order chi connectivity index (χ1) is 10.6. The van der Waals surface area contributed by atoms with E-state index in [1.807, 2.05) is 0 Å². The van der Waals surface area contributed by atoms with Gasteiger partial charge in [-0.2, -0.15) is 0 Å². The van der Waals surface area contributed by atoms with E-state index < -0.39 is 6.10 Å². The van der Waals surface area contributed by atoms with Gasteiger partial charge in [0.05, 0.1) is 26.2 Å². The zero-order valence-corrected chi connectivity index (χ0v) is 12.3. The molecule has 0 bridgehead atoms. The lowest BCUT2D eigenvalue weighted by Gasteiger charge is -2.26. The van der Waals surface area contributed by atoms with Crippen molar-refractivity contribution in [2.24, 2.45) is 0 Å². The van der Waals surface area contributed by atoms with Gasteiger partial charge < -0.3 is 19.3 Å². The number of carbonyl (C=O) groups is 1. The van der Waals surface area contributed by atoms with Crippen molar-refractivity contribution in [3.05, 3.63) is 47.5 Å². The third kappa shape index (κ3) is 2.57. The van der Waals surface area contributed by atoms with Gasteiger partial charge in [0.25, 0.3) is 0 Å². The van der Waals surface area contributed by atoms with Crippen molar-refractivity contribution < 1.29 is 24.1 Å². The molecule has 0 spiro atoms. The van der Waals surface area contributed by atoms with Crippen molar-refractivity contribution in [1.29, 1.82) is 0 Å². The van der Waals surface area contributed by atoms with Gasteiger partial charge in [0.2, 0.25) is 0 Å². The second kappa shape index (κ2) is 5.60. The fourth-order valence-electron chi connectivity index (χ4n) is 2.53. The number of aromatic hydroxyl groups is 1. The lowest BCUT2D eigenvalue weighted by Crippen LogP contribution is -2.20. The van der Waals surface area contributed by atoms with Crippen molar-refractivity contribution in [3.8, 4) is 23.0 Å². The van der Waals surface area contributed by atoms with Crippen LogP contribution < -0.4 is 14.2 Å². The normalized spacial score (nSPS) is 16.6. The number of ether oxygens (including phenoxy) is 3. The summed E-state index contributed by atoms with van der Waals surface area (Å²) in [7, 11) is 3.08. The molecule has 3 rings (SSSR count). The summed E-state index contributed by atoms with van der Waals surface area (Å²) in [5, 5.41) is 9.76. The molecule has 2 aromatic carbocycles. The number of rotatable bonds is 3. The molecule has 0 radical (unpaired) electrons. The molecule has 0 saturated carbocycles. The molecular formula is C17H16O5. The maximum Gasteiger partial charge on any atom is 0.170 e. The summed E-state index contributed by atoms with van der Waals surface area (Å²) in [4.78, 5) is 12.3. The van der Waals surface area contributed by atoms with Crippen molar-refractivity contribution in [2.75, 3.05) is 14.2 Å². The molecular weight excluding hydrogens is 284 g/mol. The maximum absolute atomic E-state index is 12.3. The van der Waals surface area contributed by atoms with E-state index in [4.69, 9.17) is 14.2 Å². The molecule has 0 aliphatic carbocycles.